The number of anilines is 2. The lowest BCUT2D eigenvalue weighted by Crippen LogP contribution is -2.34. The number of nitriles is 1. The molecule has 2 aliphatic rings. The predicted octanol–water partition coefficient (Wildman–Crippen LogP) is 4.41. The third-order valence-corrected chi connectivity index (χ3v) is 6.21. The first-order valence-electron chi connectivity index (χ1n) is 10.2. The Morgan fingerprint density at radius 2 is 1.85 bits per heavy atom. The van der Waals surface area contributed by atoms with Crippen molar-refractivity contribution in [2.45, 2.75) is 12.1 Å². The van der Waals surface area contributed by atoms with Crippen molar-refractivity contribution >= 4 is 34.9 Å². The largest absolute Gasteiger partial charge is 0.386 e. The molecule has 2 atom stereocenters. The summed E-state index contributed by atoms with van der Waals surface area (Å²) in [6.07, 6.45) is -1.07. The Labute approximate surface area is 197 Å². The second-order valence-electron chi connectivity index (χ2n) is 7.93. The number of aliphatic hydroxyl groups is 1. The molecule has 2 aliphatic heterocycles. The molecular weight excluding hydrogens is 466 g/mol. The van der Waals surface area contributed by atoms with E-state index >= 15 is 0 Å². The Hall–Kier alpha value is -4.00. The highest BCUT2D eigenvalue weighted by Gasteiger charge is 2.36. The smallest absolute Gasteiger partial charge is 0.326 e. The molecule has 0 radical (unpaired) electrons. The van der Waals surface area contributed by atoms with Gasteiger partial charge in [-0.1, -0.05) is 11.6 Å². The number of benzene rings is 3. The van der Waals surface area contributed by atoms with Gasteiger partial charge in [-0.25, -0.2) is 13.6 Å². The Kier molecular flexibility index (Phi) is 5.20. The van der Waals surface area contributed by atoms with Crippen molar-refractivity contribution in [3.63, 3.8) is 0 Å². The summed E-state index contributed by atoms with van der Waals surface area (Å²) in [4.78, 5) is 27.1. The molecule has 3 aromatic rings. The Bertz CT molecular complexity index is 1420. The SMILES string of the molecule is N#Cc1cc(NC(=O)N2C[C@H](O)c3cc(F)ccc32)c2c(c1)C(=O)N[C@H]2c1cc(F)ccc1Cl. The zero-order valence-electron chi connectivity index (χ0n) is 17.3. The van der Waals surface area contributed by atoms with Gasteiger partial charge < -0.3 is 15.7 Å². The average molecular weight is 481 g/mol. The average Bonchev–Trinajstić information content (AvgIpc) is 3.32. The van der Waals surface area contributed by atoms with Gasteiger partial charge in [-0.15, -0.1) is 0 Å². The van der Waals surface area contributed by atoms with Gasteiger partial charge >= 0.3 is 6.03 Å². The highest BCUT2D eigenvalue weighted by atomic mass is 35.5. The molecule has 2 heterocycles. The molecule has 3 amide bonds. The topological polar surface area (TPSA) is 105 Å². The minimum absolute atomic E-state index is 0.110. The van der Waals surface area contributed by atoms with Crippen molar-refractivity contribution in [3.8, 4) is 6.07 Å². The van der Waals surface area contributed by atoms with E-state index < -0.39 is 35.7 Å². The van der Waals surface area contributed by atoms with E-state index in [4.69, 9.17) is 11.6 Å². The first-order valence-corrected chi connectivity index (χ1v) is 10.5. The molecule has 3 N–H and O–H groups in total. The number of rotatable bonds is 2. The molecule has 0 spiro atoms. The summed E-state index contributed by atoms with van der Waals surface area (Å²) in [6, 6.07) is 10.6. The summed E-state index contributed by atoms with van der Waals surface area (Å²) >= 11 is 6.27. The maximum Gasteiger partial charge on any atom is 0.326 e. The number of halogens is 3. The zero-order chi connectivity index (χ0) is 24.1. The fourth-order valence-electron chi connectivity index (χ4n) is 4.35. The van der Waals surface area contributed by atoms with Gasteiger partial charge in [-0.3, -0.25) is 9.69 Å². The molecule has 0 fully saturated rings. The lowest BCUT2D eigenvalue weighted by molar-refractivity contribution is 0.0960. The first-order chi connectivity index (χ1) is 16.3. The summed E-state index contributed by atoms with van der Waals surface area (Å²) < 4.78 is 27.6. The van der Waals surface area contributed by atoms with Gasteiger partial charge in [0.1, 0.15) is 11.6 Å². The number of carbonyl (C=O) groups is 2. The highest BCUT2D eigenvalue weighted by molar-refractivity contribution is 6.31. The lowest BCUT2D eigenvalue weighted by Gasteiger charge is -2.21. The lowest BCUT2D eigenvalue weighted by atomic mass is 9.94. The number of β-amino-alcohol motifs (C(OH)–C–C–N with tert-alkyl or cyclic N) is 1. The molecule has 0 unspecified atom stereocenters. The third kappa shape index (κ3) is 3.53. The van der Waals surface area contributed by atoms with Crippen molar-refractivity contribution in [2.24, 2.45) is 0 Å². The van der Waals surface area contributed by atoms with Gasteiger partial charge in [0.05, 0.1) is 41.7 Å². The van der Waals surface area contributed by atoms with Crippen molar-refractivity contribution in [2.75, 3.05) is 16.8 Å². The predicted molar refractivity (Wildman–Crippen MR) is 120 cm³/mol. The van der Waals surface area contributed by atoms with Gasteiger partial charge in [0.2, 0.25) is 0 Å². The van der Waals surface area contributed by atoms with Gasteiger partial charge in [0.15, 0.2) is 0 Å². The van der Waals surface area contributed by atoms with Crippen molar-refractivity contribution in [3.05, 3.63) is 93.0 Å². The van der Waals surface area contributed by atoms with Crippen LogP contribution in [0.2, 0.25) is 5.02 Å². The quantitative estimate of drug-likeness (QED) is 0.505. The monoisotopic (exact) mass is 480 g/mol. The standard InChI is InChI=1S/C24H15ClF2N4O3/c25-17-3-1-12(26)7-14(17)22-21-16(23(33)30-22)5-11(9-28)6-18(21)29-24(34)31-10-20(32)15-8-13(27)2-4-19(15)31/h1-8,20,22,32H,10H2,(H,29,34)(H,30,33)/t20-,22-/m0/s1. The minimum Gasteiger partial charge on any atom is -0.386 e. The maximum absolute atomic E-state index is 14.0. The molecule has 0 saturated carbocycles. The molecule has 0 saturated heterocycles. The van der Waals surface area contributed by atoms with Crippen LogP contribution < -0.4 is 15.5 Å². The van der Waals surface area contributed by atoms with Crippen molar-refractivity contribution in [1.82, 2.24) is 5.32 Å². The fourth-order valence-corrected chi connectivity index (χ4v) is 4.58. The number of urea groups is 1. The van der Waals surface area contributed by atoms with E-state index in [-0.39, 0.29) is 39.5 Å². The van der Waals surface area contributed by atoms with Crippen LogP contribution in [0.3, 0.4) is 0 Å². The summed E-state index contributed by atoms with van der Waals surface area (Å²) in [7, 11) is 0. The van der Waals surface area contributed by atoms with Gasteiger partial charge in [-0.2, -0.15) is 5.26 Å². The van der Waals surface area contributed by atoms with Gasteiger partial charge in [0, 0.05) is 27.3 Å². The number of nitrogens with one attached hydrogen (secondary N) is 2. The van der Waals surface area contributed by atoms with Crippen LogP contribution in [-0.2, 0) is 0 Å². The van der Waals surface area contributed by atoms with Crippen LogP contribution >= 0.6 is 11.6 Å². The van der Waals surface area contributed by atoms with Crippen LogP contribution in [0.1, 0.15) is 44.8 Å². The summed E-state index contributed by atoms with van der Waals surface area (Å²) in [5.41, 5.74) is 1.62. The van der Waals surface area contributed by atoms with E-state index in [9.17, 15) is 28.7 Å². The van der Waals surface area contributed by atoms with E-state index in [1.807, 2.05) is 6.07 Å². The van der Waals surface area contributed by atoms with E-state index in [2.05, 4.69) is 10.6 Å². The van der Waals surface area contributed by atoms with Crippen LogP contribution in [-0.4, -0.2) is 23.6 Å². The molecule has 34 heavy (non-hydrogen) atoms. The molecule has 3 aromatic carbocycles. The summed E-state index contributed by atoms with van der Waals surface area (Å²) in [5, 5.41) is 25.3. The van der Waals surface area contributed by atoms with Crippen LogP contribution in [0.4, 0.5) is 25.0 Å². The Morgan fingerprint density at radius 3 is 2.59 bits per heavy atom. The van der Waals surface area contributed by atoms with Crippen LogP contribution in [0.5, 0.6) is 0 Å². The second kappa shape index (κ2) is 8.09. The number of fused-ring (bicyclic) bond motifs is 2. The Balaban J connectivity index is 1.57. The van der Waals surface area contributed by atoms with Crippen molar-refractivity contribution < 1.29 is 23.5 Å². The Morgan fingerprint density at radius 1 is 1.15 bits per heavy atom. The fraction of sp³-hybridized carbons (Fsp3) is 0.125. The summed E-state index contributed by atoms with van der Waals surface area (Å²) in [6.45, 7) is -0.110. The van der Waals surface area contributed by atoms with Crippen LogP contribution in [0, 0.1) is 23.0 Å². The zero-order valence-corrected chi connectivity index (χ0v) is 18.0. The van der Waals surface area contributed by atoms with E-state index in [1.54, 1.807) is 0 Å². The highest BCUT2D eigenvalue weighted by Crippen LogP contribution is 2.41. The number of amides is 3. The molecule has 5 rings (SSSR count). The number of hydrogen-bond donors (Lipinski definition) is 3. The first kappa shape index (κ1) is 21.8. The van der Waals surface area contributed by atoms with E-state index in [0.29, 0.717) is 11.3 Å². The molecule has 0 bridgehead atoms. The molecule has 7 nitrogen and oxygen atoms in total. The molecular formula is C24H15ClF2N4O3. The second-order valence-corrected chi connectivity index (χ2v) is 8.34. The molecule has 170 valence electrons. The number of nitrogens with zero attached hydrogens (tertiary/aromatic N) is 2. The van der Waals surface area contributed by atoms with Gasteiger partial charge in [-0.05, 0) is 48.5 Å². The number of aliphatic hydroxyl groups excluding tert-OH is 1. The van der Waals surface area contributed by atoms with E-state index in [1.165, 1.54) is 47.4 Å². The number of hydrogen-bond acceptors (Lipinski definition) is 4. The number of carbonyl (C=O) groups excluding carboxylic acids is 2. The van der Waals surface area contributed by atoms with Crippen LogP contribution in [0.25, 0.3) is 0 Å². The maximum atomic E-state index is 14.0. The summed E-state index contributed by atoms with van der Waals surface area (Å²) in [5.74, 6) is -1.61. The molecule has 0 aromatic heterocycles. The molecule has 0 aliphatic carbocycles. The third-order valence-electron chi connectivity index (χ3n) is 5.87. The van der Waals surface area contributed by atoms with E-state index in [0.717, 1.165) is 6.07 Å². The molecule has 10 heteroatoms. The normalized spacial score (nSPS) is 18.2. The van der Waals surface area contributed by atoms with Gasteiger partial charge in [0.25, 0.3) is 5.91 Å². The van der Waals surface area contributed by atoms with Crippen molar-refractivity contribution in [1.29, 1.82) is 5.26 Å². The minimum atomic E-state index is -1.07. The van der Waals surface area contributed by atoms with Crippen LogP contribution in [0.15, 0.2) is 48.5 Å².